The van der Waals surface area contributed by atoms with Gasteiger partial charge in [-0.25, -0.2) is 0 Å². The molecule has 4 heteroatoms. The van der Waals surface area contributed by atoms with Crippen LogP contribution in [0.15, 0.2) is 22.8 Å². The maximum Gasteiger partial charge on any atom is 0.219 e. The van der Waals surface area contributed by atoms with Crippen molar-refractivity contribution in [2.24, 2.45) is 9.98 Å². The van der Waals surface area contributed by atoms with Gasteiger partial charge < -0.3 is 5.32 Å². The Bertz CT molecular complexity index is 257. The molecule has 0 spiro atoms. The molecule has 0 atom stereocenters. The maximum absolute atomic E-state index is 10.9. The lowest BCUT2D eigenvalue weighted by Crippen LogP contribution is -2.23. The summed E-state index contributed by atoms with van der Waals surface area (Å²) in [6, 6.07) is 0. The second-order valence-corrected chi connectivity index (χ2v) is 2.98. The fourth-order valence-corrected chi connectivity index (χ4v) is 0.995. The second-order valence-electron chi connectivity index (χ2n) is 2.98. The molecule has 0 unspecified atom stereocenters. The first-order valence-electron chi connectivity index (χ1n) is 5.11. The van der Waals surface area contributed by atoms with Gasteiger partial charge in [-0.3, -0.25) is 14.8 Å². The molecule has 0 saturated heterocycles. The standard InChI is InChI=1S/C11H19N3O/c1-4-11(15)14-8-6-7-10(12-3)9-13-5-2/h5,9H,2,4,6-8H2,1,3H3,(H,14,15). The zero-order chi connectivity index (χ0) is 11.5. The van der Waals surface area contributed by atoms with E-state index in [0.29, 0.717) is 13.0 Å². The van der Waals surface area contributed by atoms with Crippen LogP contribution in [0.3, 0.4) is 0 Å². The van der Waals surface area contributed by atoms with E-state index in [-0.39, 0.29) is 5.91 Å². The molecule has 0 heterocycles. The monoisotopic (exact) mass is 209 g/mol. The van der Waals surface area contributed by atoms with Gasteiger partial charge in [-0.15, -0.1) is 0 Å². The van der Waals surface area contributed by atoms with Crippen LogP contribution in [0.5, 0.6) is 0 Å². The molecule has 84 valence electrons. The number of hydrogen-bond acceptors (Lipinski definition) is 3. The number of aliphatic imine (C=N–C) groups is 2. The lowest BCUT2D eigenvalue weighted by Gasteiger charge is -2.02. The van der Waals surface area contributed by atoms with Crippen LogP contribution in [-0.4, -0.2) is 31.4 Å². The Morgan fingerprint density at radius 2 is 2.27 bits per heavy atom. The van der Waals surface area contributed by atoms with Gasteiger partial charge in [0.2, 0.25) is 5.91 Å². The van der Waals surface area contributed by atoms with Gasteiger partial charge in [0.25, 0.3) is 0 Å². The van der Waals surface area contributed by atoms with Crippen LogP contribution in [0.4, 0.5) is 0 Å². The van der Waals surface area contributed by atoms with Crippen molar-refractivity contribution in [3.05, 3.63) is 12.8 Å². The highest BCUT2D eigenvalue weighted by Crippen LogP contribution is 1.91. The van der Waals surface area contributed by atoms with Gasteiger partial charge in [0.15, 0.2) is 0 Å². The van der Waals surface area contributed by atoms with E-state index in [0.717, 1.165) is 18.6 Å². The number of amides is 1. The molecule has 0 aliphatic carbocycles. The van der Waals surface area contributed by atoms with Crippen molar-refractivity contribution < 1.29 is 4.79 Å². The van der Waals surface area contributed by atoms with Gasteiger partial charge in [0.1, 0.15) is 0 Å². The number of carbonyl (C=O) groups excluding carboxylic acids is 1. The first-order valence-corrected chi connectivity index (χ1v) is 5.11. The van der Waals surface area contributed by atoms with Crippen LogP contribution in [-0.2, 0) is 4.79 Å². The van der Waals surface area contributed by atoms with Crippen molar-refractivity contribution >= 4 is 17.8 Å². The van der Waals surface area contributed by atoms with Crippen molar-refractivity contribution in [1.29, 1.82) is 0 Å². The number of rotatable bonds is 7. The van der Waals surface area contributed by atoms with Crippen LogP contribution in [0.1, 0.15) is 26.2 Å². The Morgan fingerprint density at radius 3 is 2.80 bits per heavy atom. The highest BCUT2D eigenvalue weighted by atomic mass is 16.1. The van der Waals surface area contributed by atoms with Gasteiger partial charge in [-0.1, -0.05) is 13.5 Å². The summed E-state index contributed by atoms with van der Waals surface area (Å²) in [6.45, 7) is 6.01. The Balaban J connectivity index is 3.69. The van der Waals surface area contributed by atoms with Crippen molar-refractivity contribution in [3.63, 3.8) is 0 Å². The summed E-state index contributed by atoms with van der Waals surface area (Å²) < 4.78 is 0. The van der Waals surface area contributed by atoms with E-state index in [9.17, 15) is 4.79 Å². The van der Waals surface area contributed by atoms with E-state index >= 15 is 0 Å². The first-order chi connectivity index (χ1) is 7.24. The molecule has 1 N–H and O–H groups in total. The van der Waals surface area contributed by atoms with Gasteiger partial charge in [0.05, 0.1) is 5.71 Å². The van der Waals surface area contributed by atoms with E-state index in [4.69, 9.17) is 0 Å². The minimum atomic E-state index is 0.0877. The minimum absolute atomic E-state index is 0.0877. The fourth-order valence-electron chi connectivity index (χ4n) is 0.995. The van der Waals surface area contributed by atoms with Crippen LogP contribution in [0.2, 0.25) is 0 Å². The summed E-state index contributed by atoms with van der Waals surface area (Å²) >= 11 is 0. The predicted molar refractivity (Wildman–Crippen MR) is 64.6 cm³/mol. The van der Waals surface area contributed by atoms with Crippen molar-refractivity contribution in [1.82, 2.24) is 5.32 Å². The zero-order valence-corrected chi connectivity index (χ0v) is 9.49. The molecule has 1 amide bonds. The highest BCUT2D eigenvalue weighted by molar-refractivity contribution is 6.30. The molecule has 0 fully saturated rings. The summed E-state index contributed by atoms with van der Waals surface area (Å²) in [6.07, 6.45) is 5.39. The molecule has 0 saturated carbocycles. The Hall–Kier alpha value is -1.45. The molecule has 15 heavy (non-hydrogen) atoms. The molecular weight excluding hydrogens is 190 g/mol. The number of carbonyl (C=O) groups is 1. The average Bonchev–Trinajstić information content (AvgIpc) is 2.27. The summed E-state index contributed by atoms with van der Waals surface area (Å²) in [5.41, 5.74) is 0.917. The summed E-state index contributed by atoms with van der Waals surface area (Å²) in [5.74, 6) is 0.0877. The quantitative estimate of drug-likeness (QED) is 0.502. The molecule has 0 bridgehead atoms. The van der Waals surface area contributed by atoms with Crippen molar-refractivity contribution in [3.8, 4) is 0 Å². The Morgan fingerprint density at radius 1 is 1.53 bits per heavy atom. The summed E-state index contributed by atoms with van der Waals surface area (Å²) in [7, 11) is 1.73. The van der Waals surface area contributed by atoms with E-state index < -0.39 is 0 Å². The second kappa shape index (κ2) is 9.12. The molecule has 0 aliphatic heterocycles. The lowest BCUT2D eigenvalue weighted by molar-refractivity contribution is -0.120. The average molecular weight is 209 g/mol. The molecule has 0 radical (unpaired) electrons. The molecule has 0 aliphatic rings. The van der Waals surface area contributed by atoms with E-state index in [1.807, 2.05) is 6.92 Å². The van der Waals surface area contributed by atoms with Crippen LogP contribution < -0.4 is 5.32 Å². The topological polar surface area (TPSA) is 53.8 Å². The van der Waals surface area contributed by atoms with Crippen LogP contribution >= 0.6 is 0 Å². The fraction of sp³-hybridized carbons (Fsp3) is 0.545. The third-order valence-corrected chi connectivity index (χ3v) is 1.87. The van der Waals surface area contributed by atoms with E-state index in [1.54, 1.807) is 13.3 Å². The van der Waals surface area contributed by atoms with Crippen LogP contribution in [0.25, 0.3) is 0 Å². The highest BCUT2D eigenvalue weighted by Gasteiger charge is 1.97. The SMILES string of the molecule is C=CN=CC(CCCNC(=O)CC)=NC. The lowest BCUT2D eigenvalue weighted by atomic mass is 10.2. The van der Waals surface area contributed by atoms with Gasteiger partial charge in [0, 0.05) is 32.4 Å². The molecule has 0 aromatic carbocycles. The Labute approximate surface area is 91.2 Å². The van der Waals surface area contributed by atoms with E-state index in [1.165, 1.54) is 6.20 Å². The number of hydrogen-bond donors (Lipinski definition) is 1. The number of nitrogens with one attached hydrogen (secondary N) is 1. The summed E-state index contributed by atoms with van der Waals surface area (Å²) in [5, 5.41) is 2.81. The van der Waals surface area contributed by atoms with Crippen molar-refractivity contribution in [2.45, 2.75) is 26.2 Å². The molecule has 0 aromatic rings. The molecular formula is C11H19N3O. The third kappa shape index (κ3) is 7.61. The molecule has 4 nitrogen and oxygen atoms in total. The largest absolute Gasteiger partial charge is 0.356 e. The molecule has 0 aromatic heterocycles. The Kier molecular flexibility index (Phi) is 8.24. The van der Waals surface area contributed by atoms with Gasteiger partial charge >= 0.3 is 0 Å². The smallest absolute Gasteiger partial charge is 0.219 e. The van der Waals surface area contributed by atoms with Gasteiger partial charge in [-0.05, 0) is 12.8 Å². The van der Waals surface area contributed by atoms with Crippen LogP contribution in [0, 0.1) is 0 Å². The van der Waals surface area contributed by atoms with Crippen molar-refractivity contribution in [2.75, 3.05) is 13.6 Å². The zero-order valence-electron chi connectivity index (χ0n) is 9.49. The molecule has 0 rings (SSSR count). The normalized spacial score (nSPS) is 11.7. The first kappa shape index (κ1) is 13.5. The third-order valence-electron chi connectivity index (χ3n) is 1.87. The maximum atomic E-state index is 10.9. The predicted octanol–water partition coefficient (Wildman–Crippen LogP) is 1.58. The van der Waals surface area contributed by atoms with E-state index in [2.05, 4.69) is 21.9 Å². The summed E-state index contributed by atoms with van der Waals surface area (Å²) in [4.78, 5) is 18.9. The minimum Gasteiger partial charge on any atom is -0.356 e. The number of nitrogens with zero attached hydrogens (tertiary/aromatic N) is 2. The van der Waals surface area contributed by atoms with Gasteiger partial charge in [-0.2, -0.15) is 0 Å².